The van der Waals surface area contributed by atoms with Crippen LogP contribution in [0, 0.1) is 0 Å². The van der Waals surface area contributed by atoms with Gasteiger partial charge in [0.1, 0.15) is 5.76 Å². The molecule has 18 heavy (non-hydrogen) atoms. The van der Waals surface area contributed by atoms with Crippen molar-refractivity contribution < 1.29 is 13.9 Å². The topological polar surface area (TPSA) is 51.5 Å². The summed E-state index contributed by atoms with van der Waals surface area (Å²) in [6.45, 7) is 6.38. The minimum absolute atomic E-state index is 0.0928. The monoisotopic (exact) mass is 253 g/mol. The van der Waals surface area contributed by atoms with E-state index in [-0.39, 0.29) is 11.8 Å². The first kappa shape index (κ1) is 14.8. The number of ether oxygens (including phenoxy) is 1. The first-order valence-corrected chi connectivity index (χ1v) is 6.52. The number of hydrogen-bond donors (Lipinski definition) is 1. The number of nitrogens with one attached hydrogen (secondary N) is 1. The molecule has 1 aromatic rings. The molecule has 0 aromatic carbocycles. The maximum absolute atomic E-state index is 11.3. The molecule has 0 saturated carbocycles. The fourth-order valence-corrected chi connectivity index (χ4v) is 1.90. The van der Waals surface area contributed by atoms with Crippen molar-refractivity contribution in [3.8, 4) is 0 Å². The van der Waals surface area contributed by atoms with E-state index in [1.807, 2.05) is 13.0 Å². The molecule has 4 nitrogen and oxygen atoms in total. The van der Waals surface area contributed by atoms with Gasteiger partial charge in [0.05, 0.1) is 13.2 Å². The first-order valence-electron chi connectivity index (χ1n) is 6.52. The molecule has 0 radical (unpaired) electrons. The second kappa shape index (κ2) is 7.21. The van der Waals surface area contributed by atoms with E-state index in [2.05, 4.69) is 23.9 Å². The van der Waals surface area contributed by atoms with Crippen LogP contribution < -0.4 is 5.32 Å². The molecular weight excluding hydrogens is 230 g/mol. The van der Waals surface area contributed by atoms with Crippen LogP contribution in [0.5, 0.6) is 0 Å². The van der Waals surface area contributed by atoms with Gasteiger partial charge in [-0.2, -0.15) is 0 Å². The summed E-state index contributed by atoms with van der Waals surface area (Å²) in [5.74, 6) is 0.577. The van der Waals surface area contributed by atoms with Crippen LogP contribution in [0.25, 0.3) is 0 Å². The van der Waals surface area contributed by atoms with Crippen LogP contribution in [0.3, 0.4) is 0 Å². The fourth-order valence-electron chi connectivity index (χ4n) is 1.90. The molecule has 1 rings (SSSR count). The molecule has 1 N–H and O–H groups in total. The van der Waals surface area contributed by atoms with Crippen molar-refractivity contribution in [1.29, 1.82) is 0 Å². The highest BCUT2D eigenvalue weighted by Crippen LogP contribution is 2.18. The summed E-state index contributed by atoms with van der Waals surface area (Å²) in [5.41, 5.74) is 0. The van der Waals surface area contributed by atoms with E-state index in [9.17, 15) is 4.79 Å². The van der Waals surface area contributed by atoms with Gasteiger partial charge in [-0.3, -0.25) is 0 Å². The number of carbonyl (C=O) groups excluding carboxylic acids is 1. The molecule has 0 aliphatic rings. The molecule has 4 heteroatoms. The highest BCUT2D eigenvalue weighted by Gasteiger charge is 2.16. The Morgan fingerprint density at radius 2 is 2.17 bits per heavy atom. The Morgan fingerprint density at radius 1 is 1.44 bits per heavy atom. The summed E-state index contributed by atoms with van der Waals surface area (Å²) >= 11 is 0. The second-order valence-electron chi connectivity index (χ2n) is 4.63. The standard InChI is InChI=1S/C14H23NO3/c1-5-6-7-10(2)15-11(3)12-8-9-13(18-12)14(16)17-4/h8-11,15H,5-7H2,1-4H3. The molecule has 1 aromatic heterocycles. The molecule has 0 aliphatic heterocycles. The quantitative estimate of drug-likeness (QED) is 0.757. The second-order valence-corrected chi connectivity index (χ2v) is 4.63. The zero-order valence-electron chi connectivity index (χ0n) is 11.7. The highest BCUT2D eigenvalue weighted by atomic mass is 16.5. The predicted molar refractivity (Wildman–Crippen MR) is 70.6 cm³/mol. The first-order chi connectivity index (χ1) is 8.58. The van der Waals surface area contributed by atoms with Crippen molar-refractivity contribution in [2.75, 3.05) is 7.11 Å². The predicted octanol–water partition coefficient (Wildman–Crippen LogP) is 3.30. The lowest BCUT2D eigenvalue weighted by Crippen LogP contribution is -2.28. The van der Waals surface area contributed by atoms with Crippen molar-refractivity contribution in [2.45, 2.75) is 52.1 Å². The third-order valence-electron chi connectivity index (χ3n) is 2.97. The fraction of sp³-hybridized carbons (Fsp3) is 0.643. The van der Waals surface area contributed by atoms with Gasteiger partial charge in [0.25, 0.3) is 0 Å². The minimum Gasteiger partial charge on any atom is -0.463 e. The molecular formula is C14H23NO3. The molecule has 0 amide bonds. The summed E-state index contributed by atoms with van der Waals surface area (Å²) in [5, 5.41) is 3.46. The maximum Gasteiger partial charge on any atom is 0.373 e. The number of unbranched alkanes of at least 4 members (excludes halogenated alkanes) is 1. The van der Waals surface area contributed by atoms with Crippen LogP contribution in [-0.4, -0.2) is 19.1 Å². The lowest BCUT2D eigenvalue weighted by Gasteiger charge is -2.18. The van der Waals surface area contributed by atoms with Gasteiger partial charge in [-0.1, -0.05) is 19.8 Å². The summed E-state index contributed by atoms with van der Waals surface area (Å²) < 4.78 is 10.1. The molecule has 2 atom stereocenters. The van der Waals surface area contributed by atoms with E-state index in [1.165, 1.54) is 20.0 Å². The zero-order valence-corrected chi connectivity index (χ0v) is 11.7. The number of furan rings is 1. The van der Waals surface area contributed by atoms with Crippen LogP contribution in [0.2, 0.25) is 0 Å². The Balaban J connectivity index is 2.53. The normalized spacial score (nSPS) is 14.2. The summed E-state index contributed by atoms with van der Waals surface area (Å²) in [6.07, 6.45) is 3.56. The average molecular weight is 253 g/mol. The SMILES string of the molecule is CCCCC(C)NC(C)c1ccc(C(=O)OC)o1. The third kappa shape index (κ3) is 4.18. The Hall–Kier alpha value is -1.29. The van der Waals surface area contributed by atoms with Crippen molar-refractivity contribution in [3.63, 3.8) is 0 Å². The van der Waals surface area contributed by atoms with Crippen molar-refractivity contribution in [3.05, 3.63) is 23.7 Å². The minimum atomic E-state index is -0.438. The van der Waals surface area contributed by atoms with E-state index in [0.717, 1.165) is 12.2 Å². The summed E-state index contributed by atoms with van der Waals surface area (Å²) in [6, 6.07) is 3.99. The van der Waals surface area contributed by atoms with Gasteiger partial charge in [0.15, 0.2) is 0 Å². The lowest BCUT2D eigenvalue weighted by molar-refractivity contribution is 0.0562. The third-order valence-corrected chi connectivity index (χ3v) is 2.97. The summed E-state index contributed by atoms with van der Waals surface area (Å²) in [4.78, 5) is 11.3. The van der Waals surface area contributed by atoms with Gasteiger partial charge in [-0.25, -0.2) is 4.79 Å². The van der Waals surface area contributed by atoms with Crippen LogP contribution >= 0.6 is 0 Å². The van der Waals surface area contributed by atoms with E-state index in [0.29, 0.717) is 6.04 Å². The Kier molecular flexibility index (Phi) is 5.92. The number of rotatable bonds is 7. The number of carbonyl (C=O) groups is 1. The van der Waals surface area contributed by atoms with Gasteiger partial charge < -0.3 is 14.5 Å². The molecule has 0 spiro atoms. The molecule has 0 aliphatic carbocycles. The maximum atomic E-state index is 11.3. The summed E-state index contributed by atoms with van der Waals surface area (Å²) in [7, 11) is 1.35. The van der Waals surface area contributed by atoms with Crippen molar-refractivity contribution in [2.24, 2.45) is 0 Å². The van der Waals surface area contributed by atoms with E-state index in [1.54, 1.807) is 6.07 Å². The van der Waals surface area contributed by atoms with Crippen LogP contribution in [0.1, 0.15) is 62.4 Å². The van der Waals surface area contributed by atoms with Crippen molar-refractivity contribution in [1.82, 2.24) is 5.32 Å². The van der Waals surface area contributed by atoms with E-state index in [4.69, 9.17) is 4.42 Å². The largest absolute Gasteiger partial charge is 0.463 e. The highest BCUT2D eigenvalue weighted by molar-refractivity contribution is 5.86. The number of esters is 1. The van der Waals surface area contributed by atoms with Gasteiger partial charge in [0, 0.05) is 6.04 Å². The zero-order chi connectivity index (χ0) is 13.5. The van der Waals surface area contributed by atoms with Gasteiger partial charge in [0.2, 0.25) is 5.76 Å². The van der Waals surface area contributed by atoms with Gasteiger partial charge >= 0.3 is 5.97 Å². The molecule has 1 heterocycles. The Bertz CT molecular complexity index is 373. The smallest absolute Gasteiger partial charge is 0.373 e. The number of methoxy groups -OCH3 is 1. The Labute approximate surface area is 109 Å². The molecule has 2 unspecified atom stereocenters. The van der Waals surface area contributed by atoms with Crippen LogP contribution in [0.4, 0.5) is 0 Å². The average Bonchev–Trinajstić information content (AvgIpc) is 2.85. The number of hydrogen-bond acceptors (Lipinski definition) is 4. The van der Waals surface area contributed by atoms with Crippen LogP contribution in [-0.2, 0) is 4.74 Å². The Morgan fingerprint density at radius 3 is 2.78 bits per heavy atom. The molecule has 0 saturated heterocycles. The van der Waals surface area contributed by atoms with Gasteiger partial charge in [-0.15, -0.1) is 0 Å². The molecule has 102 valence electrons. The van der Waals surface area contributed by atoms with E-state index < -0.39 is 5.97 Å². The van der Waals surface area contributed by atoms with E-state index >= 15 is 0 Å². The van der Waals surface area contributed by atoms with Crippen molar-refractivity contribution >= 4 is 5.97 Å². The molecule has 0 fully saturated rings. The van der Waals surface area contributed by atoms with Gasteiger partial charge in [-0.05, 0) is 32.4 Å². The van der Waals surface area contributed by atoms with Crippen LogP contribution in [0.15, 0.2) is 16.5 Å². The lowest BCUT2D eigenvalue weighted by atomic mass is 10.1. The molecule has 0 bridgehead atoms.